The SMILES string of the molecule is CCCN(CCN(C)C)Cc1nc(NCC)ccc1Cl. The third kappa shape index (κ3) is 6.07. The molecule has 5 heteroatoms. The summed E-state index contributed by atoms with van der Waals surface area (Å²) in [7, 11) is 4.20. The van der Waals surface area contributed by atoms with Gasteiger partial charge in [0.25, 0.3) is 0 Å². The Bertz CT molecular complexity index is 395. The third-order valence-electron chi connectivity index (χ3n) is 3.05. The topological polar surface area (TPSA) is 31.4 Å². The molecular weight excluding hydrogens is 272 g/mol. The Morgan fingerprint density at radius 3 is 2.50 bits per heavy atom. The van der Waals surface area contributed by atoms with Crippen LogP contribution in [0.15, 0.2) is 12.1 Å². The van der Waals surface area contributed by atoms with E-state index in [1.54, 1.807) is 0 Å². The van der Waals surface area contributed by atoms with E-state index in [0.717, 1.165) is 55.7 Å². The Labute approximate surface area is 128 Å². The zero-order valence-corrected chi connectivity index (χ0v) is 13.9. The van der Waals surface area contributed by atoms with Crippen molar-refractivity contribution in [2.45, 2.75) is 26.8 Å². The van der Waals surface area contributed by atoms with E-state index in [2.05, 4.69) is 48.0 Å². The van der Waals surface area contributed by atoms with E-state index in [9.17, 15) is 0 Å². The summed E-state index contributed by atoms with van der Waals surface area (Å²) in [6, 6.07) is 3.86. The Morgan fingerprint density at radius 1 is 1.15 bits per heavy atom. The van der Waals surface area contributed by atoms with E-state index in [1.165, 1.54) is 0 Å². The second kappa shape index (κ2) is 9.16. The minimum atomic E-state index is 0.748. The number of hydrogen-bond donors (Lipinski definition) is 1. The number of rotatable bonds is 9. The van der Waals surface area contributed by atoms with Crippen molar-refractivity contribution >= 4 is 17.4 Å². The summed E-state index contributed by atoms with van der Waals surface area (Å²) in [5.41, 5.74) is 0.956. The normalized spacial score (nSPS) is 11.3. The van der Waals surface area contributed by atoms with Gasteiger partial charge in [0.2, 0.25) is 0 Å². The minimum Gasteiger partial charge on any atom is -0.370 e. The van der Waals surface area contributed by atoms with Crippen molar-refractivity contribution in [2.75, 3.05) is 45.6 Å². The summed E-state index contributed by atoms with van der Waals surface area (Å²) in [5.74, 6) is 0.899. The maximum Gasteiger partial charge on any atom is 0.126 e. The molecule has 0 radical (unpaired) electrons. The molecule has 0 saturated carbocycles. The largest absolute Gasteiger partial charge is 0.370 e. The van der Waals surface area contributed by atoms with Gasteiger partial charge in [-0.2, -0.15) is 0 Å². The molecule has 0 aliphatic heterocycles. The van der Waals surface area contributed by atoms with Gasteiger partial charge in [0.1, 0.15) is 5.82 Å². The standard InChI is InChI=1S/C15H27ClN4/c1-5-9-20(11-10-19(3)4)12-14-13(16)7-8-15(18-14)17-6-2/h7-8H,5-6,9-12H2,1-4H3,(H,17,18). The molecule has 20 heavy (non-hydrogen) atoms. The fraction of sp³-hybridized carbons (Fsp3) is 0.667. The van der Waals surface area contributed by atoms with Crippen LogP contribution < -0.4 is 5.32 Å². The molecule has 4 nitrogen and oxygen atoms in total. The van der Waals surface area contributed by atoms with Gasteiger partial charge in [-0.15, -0.1) is 0 Å². The van der Waals surface area contributed by atoms with Crippen LogP contribution in [0, 0.1) is 0 Å². The quantitative estimate of drug-likeness (QED) is 0.759. The van der Waals surface area contributed by atoms with Gasteiger partial charge in [0, 0.05) is 26.2 Å². The van der Waals surface area contributed by atoms with Crippen molar-refractivity contribution in [3.63, 3.8) is 0 Å². The van der Waals surface area contributed by atoms with Crippen LogP contribution >= 0.6 is 11.6 Å². The molecule has 1 aromatic rings. The van der Waals surface area contributed by atoms with Gasteiger partial charge in [0.05, 0.1) is 10.7 Å². The Kier molecular flexibility index (Phi) is 7.88. The van der Waals surface area contributed by atoms with E-state index in [0.29, 0.717) is 0 Å². The highest BCUT2D eigenvalue weighted by Crippen LogP contribution is 2.18. The summed E-state index contributed by atoms with van der Waals surface area (Å²) in [6.45, 7) is 9.09. The molecule has 0 spiro atoms. The summed E-state index contributed by atoms with van der Waals surface area (Å²) in [6.07, 6.45) is 1.14. The molecule has 1 rings (SSSR count). The lowest BCUT2D eigenvalue weighted by Crippen LogP contribution is -2.32. The fourth-order valence-corrected chi connectivity index (χ4v) is 2.18. The molecule has 0 amide bonds. The van der Waals surface area contributed by atoms with Crippen LogP contribution in [0.1, 0.15) is 26.0 Å². The molecule has 0 atom stereocenters. The van der Waals surface area contributed by atoms with Crippen molar-refractivity contribution in [2.24, 2.45) is 0 Å². The molecule has 0 aliphatic carbocycles. The van der Waals surface area contributed by atoms with Gasteiger partial charge in [-0.05, 0) is 46.1 Å². The molecule has 0 bridgehead atoms. The van der Waals surface area contributed by atoms with Crippen LogP contribution in [0.3, 0.4) is 0 Å². The second-order valence-electron chi connectivity index (χ2n) is 5.23. The van der Waals surface area contributed by atoms with Crippen LogP contribution in [0.5, 0.6) is 0 Å². The van der Waals surface area contributed by atoms with Crippen LogP contribution in [0.4, 0.5) is 5.82 Å². The van der Waals surface area contributed by atoms with Crippen molar-refractivity contribution < 1.29 is 0 Å². The number of hydrogen-bond acceptors (Lipinski definition) is 4. The first-order valence-electron chi connectivity index (χ1n) is 7.33. The Hall–Kier alpha value is -0.840. The van der Waals surface area contributed by atoms with Gasteiger partial charge in [-0.25, -0.2) is 4.98 Å². The van der Waals surface area contributed by atoms with Crippen LogP contribution in [0.25, 0.3) is 0 Å². The number of likely N-dealkylation sites (N-methyl/N-ethyl adjacent to an activating group) is 1. The van der Waals surface area contributed by atoms with Crippen LogP contribution in [0.2, 0.25) is 5.02 Å². The number of halogens is 1. The van der Waals surface area contributed by atoms with Gasteiger partial charge in [-0.1, -0.05) is 18.5 Å². The summed E-state index contributed by atoms with van der Waals surface area (Å²) >= 11 is 6.28. The van der Waals surface area contributed by atoms with Gasteiger partial charge in [-0.3, -0.25) is 4.90 Å². The van der Waals surface area contributed by atoms with Gasteiger partial charge < -0.3 is 10.2 Å². The Morgan fingerprint density at radius 2 is 1.90 bits per heavy atom. The number of anilines is 1. The lowest BCUT2D eigenvalue weighted by atomic mass is 10.3. The van der Waals surface area contributed by atoms with Crippen molar-refractivity contribution in [1.29, 1.82) is 0 Å². The van der Waals surface area contributed by atoms with Crippen molar-refractivity contribution in [3.8, 4) is 0 Å². The molecule has 0 fully saturated rings. The summed E-state index contributed by atoms with van der Waals surface area (Å²) in [5, 5.41) is 3.98. The molecule has 0 saturated heterocycles. The molecule has 0 aromatic carbocycles. The smallest absolute Gasteiger partial charge is 0.126 e. The second-order valence-corrected chi connectivity index (χ2v) is 5.64. The Balaban J connectivity index is 2.72. The first kappa shape index (κ1) is 17.2. The summed E-state index contributed by atoms with van der Waals surface area (Å²) < 4.78 is 0. The molecule has 1 heterocycles. The average Bonchev–Trinajstić information content (AvgIpc) is 2.40. The van der Waals surface area contributed by atoms with Crippen molar-refractivity contribution in [1.82, 2.24) is 14.8 Å². The monoisotopic (exact) mass is 298 g/mol. The maximum absolute atomic E-state index is 6.28. The van der Waals surface area contributed by atoms with Gasteiger partial charge >= 0.3 is 0 Å². The van der Waals surface area contributed by atoms with E-state index in [4.69, 9.17) is 11.6 Å². The van der Waals surface area contributed by atoms with E-state index in [1.807, 2.05) is 12.1 Å². The predicted molar refractivity (Wildman–Crippen MR) is 87.5 cm³/mol. The first-order valence-corrected chi connectivity index (χ1v) is 7.71. The van der Waals surface area contributed by atoms with Crippen LogP contribution in [-0.4, -0.2) is 55.1 Å². The van der Waals surface area contributed by atoms with Crippen molar-refractivity contribution in [3.05, 3.63) is 22.8 Å². The fourth-order valence-electron chi connectivity index (χ4n) is 2.01. The number of aromatic nitrogens is 1. The third-order valence-corrected chi connectivity index (χ3v) is 3.40. The zero-order chi connectivity index (χ0) is 15.0. The highest BCUT2D eigenvalue weighted by atomic mass is 35.5. The number of nitrogens with zero attached hydrogens (tertiary/aromatic N) is 3. The highest BCUT2D eigenvalue weighted by molar-refractivity contribution is 6.31. The lowest BCUT2D eigenvalue weighted by Gasteiger charge is -2.23. The predicted octanol–water partition coefficient (Wildman–Crippen LogP) is 2.94. The molecule has 1 aromatic heterocycles. The number of nitrogens with one attached hydrogen (secondary N) is 1. The maximum atomic E-state index is 6.28. The zero-order valence-electron chi connectivity index (χ0n) is 13.1. The van der Waals surface area contributed by atoms with E-state index < -0.39 is 0 Å². The molecule has 114 valence electrons. The average molecular weight is 299 g/mol. The molecule has 1 N–H and O–H groups in total. The highest BCUT2D eigenvalue weighted by Gasteiger charge is 2.10. The molecule has 0 unspecified atom stereocenters. The lowest BCUT2D eigenvalue weighted by molar-refractivity contribution is 0.232. The van der Waals surface area contributed by atoms with E-state index >= 15 is 0 Å². The summed E-state index contributed by atoms with van der Waals surface area (Å²) in [4.78, 5) is 9.22. The van der Waals surface area contributed by atoms with Gasteiger partial charge in [0.15, 0.2) is 0 Å². The first-order chi connectivity index (χ1) is 9.56. The molecular formula is C15H27ClN4. The molecule has 0 aliphatic rings. The van der Waals surface area contributed by atoms with Crippen LogP contribution in [-0.2, 0) is 6.54 Å². The number of pyridine rings is 1. The minimum absolute atomic E-state index is 0.748. The van der Waals surface area contributed by atoms with E-state index in [-0.39, 0.29) is 0 Å².